The van der Waals surface area contributed by atoms with Crippen LogP contribution in [0.1, 0.15) is 6.42 Å². The fraction of sp³-hybridized carbons (Fsp3) is 0.750. The van der Waals surface area contributed by atoms with Crippen LogP contribution in [0.25, 0.3) is 0 Å². The van der Waals surface area contributed by atoms with E-state index in [2.05, 4.69) is 0 Å². The Labute approximate surface area is 76.5 Å². The fourth-order valence-electron chi connectivity index (χ4n) is 1.37. The van der Waals surface area contributed by atoms with E-state index in [1.165, 1.54) is 12.0 Å². The minimum atomic E-state index is -0.632. The van der Waals surface area contributed by atoms with Crippen molar-refractivity contribution < 1.29 is 14.6 Å². The number of carbonyl (C=O) groups excluding carboxylic acids is 1. The van der Waals surface area contributed by atoms with Crippen molar-refractivity contribution in [2.24, 2.45) is 0 Å². The van der Waals surface area contributed by atoms with Gasteiger partial charge in [0.2, 0.25) is 5.91 Å². The number of carbonyl (C=O) groups is 1. The van der Waals surface area contributed by atoms with Gasteiger partial charge >= 0.3 is 0 Å². The number of methoxy groups -OCH3 is 1. The summed E-state index contributed by atoms with van der Waals surface area (Å²) >= 11 is 0. The summed E-state index contributed by atoms with van der Waals surface area (Å²) in [4.78, 5) is 12.6. The number of β-amino-alcohol motifs (C(OH)–C–C–N with tert-alkyl or cyclic N) is 1. The number of nitriles is 1. The zero-order chi connectivity index (χ0) is 9.84. The predicted molar refractivity (Wildman–Crippen MR) is 43.6 cm³/mol. The normalized spacial score (nSPS) is 27.3. The van der Waals surface area contributed by atoms with Crippen LogP contribution in [-0.4, -0.2) is 48.3 Å². The lowest BCUT2D eigenvalue weighted by atomic mass is 10.3. The molecule has 0 aromatic carbocycles. The molecule has 0 aromatic heterocycles. The number of likely N-dealkylation sites (tertiary alicyclic amines) is 1. The highest BCUT2D eigenvalue weighted by Gasteiger charge is 2.33. The van der Waals surface area contributed by atoms with Crippen molar-refractivity contribution in [1.82, 2.24) is 4.90 Å². The molecule has 1 fully saturated rings. The largest absolute Gasteiger partial charge is 0.388 e. The Hall–Kier alpha value is -1.12. The average molecular weight is 184 g/mol. The minimum Gasteiger partial charge on any atom is -0.388 e. The molecule has 1 rings (SSSR count). The summed E-state index contributed by atoms with van der Waals surface area (Å²) in [6.45, 7) is 0.636. The predicted octanol–water partition coefficient (Wildman–Crippen LogP) is -0.882. The molecular weight excluding hydrogens is 172 g/mol. The number of aliphatic hydroxyl groups excluding tert-OH is 1. The molecule has 72 valence electrons. The van der Waals surface area contributed by atoms with Crippen LogP contribution >= 0.6 is 0 Å². The lowest BCUT2D eigenvalue weighted by Crippen LogP contribution is -2.29. The smallest absolute Gasteiger partial charge is 0.236 e. The SMILES string of the molecule is CO[C@H]1CN(C(=O)CC#N)C[C@H]1O. The van der Waals surface area contributed by atoms with Crippen LogP contribution < -0.4 is 0 Å². The van der Waals surface area contributed by atoms with Crippen LogP contribution in [0.2, 0.25) is 0 Å². The van der Waals surface area contributed by atoms with Gasteiger partial charge < -0.3 is 14.7 Å². The first-order valence-electron chi connectivity index (χ1n) is 4.04. The second-order valence-corrected chi connectivity index (χ2v) is 2.98. The van der Waals surface area contributed by atoms with Crippen molar-refractivity contribution in [3.05, 3.63) is 0 Å². The van der Waals surface area contributed by atoms with E-state index in [0.29, 0.717) is 6.54 Å². The van der Waals surface area contributed by atoms with E-state index in [9.17, 15) is 9.90 Å². The van der Waals surface area contributed by atoms with Gasteiger partial charge in [0.25, 0.3) is 0 Å². The number of aliphatic hydroxyl groups is 1. The molecule has 0 aromatic rings. The summed E-state index contributed by atoms with van der Waals surface area (Å²) in [5.74, 6) is -0.249. The van der Waals surface area contributed by atoms with E-state index in [0.717, 1.165) is 0 Å². The Morgan fingerprint density at radius 2 is 2.46 bits per heavy atom. The van der Waals surface area contributed by atoms with Crippen molar-refractivity contribution in [3.8, 4) is 6.07 Å². The molecule has 0 bridgehead atoms. The molecule has 1 N–H and O–H groups in total. The highest BCUT2D eigenvalue weighted by molar-refractivity contribution is 5.78. The molecule has 5 nitrogen and oxygen atoms in total. The average Bonchev–Trinajstić information content (AvgIpc) is 2.47. The summed E-state index contributed by atoms with van der Waals surface area (Å²) in [6.07, 6.45) is -1.08. The Morgan fingerprint density at radius 3 is 2.92 bits per heavy atom. The van der Waals surface area contributed by atoms with Crippen LogP contribution in [0.3, 0.4) is 0 Å². The van der Waals surface area contributed by atoms with Gasteiger partial charge in [0.15, 0.2) is 0 Å². The molecule has 5 heteroatoms. The molecule has 1 amide bonds. The summed E-state index contributed by atoms with van der Waals surface area (Å²) in [6, 6.07) is 1.78. The second-order valence-electron chi connectivity index (χ2n) is 2.98. The molecular formula is C8H12N2O3. The van der Waals surface area contributed by atoms with Crippen molar-refractivity contribution in [2.75, 3.05) is 20.2 Å². The first kappa shape index (κ1) is 9.96. The van der Waals surface area contributed by atoms with Gasteiger partial charge in [0, 0.05) is 20.2 Å². The molecule has 1 aliphatic heterocycles. The molecule has 0 spiro atoms. The topological polar surface area (TPSA) is 73.6 Å². The Balaban J connectivity index is 2.49. The highest BCUT2D eigenvalue weighted by atomic mass is 16.5. The molecule has 0 aliphatic carbocycles. The second kappa shape index (κ2) is 4.21. The summed E-state index contributed by atoms with van der Waals surface area (Å²) < 4.78 is 4.96. The van der Waals surface area contributed by atoms with Gasteiger partial charge in [-0.3, -0.25) is 4.79 Å². The van der Waals surface area contributed by atoms with E-state index >= 15 is 0 Å². The van der Waals surface area contributed by atoms with Crippen LogP contribution in [0, 0.1) is 11.3 Å². The van der Waals surface area contributed by atoms with Gasteiger partial charge in [-0.15, -0.1) is 0 Å². The first-order chi connectivity index (χ1) is 6.19. The van der Waals surface area contributed by atoms with Crippen LogP contribution in [0.4, 0.5) is 0 Å². The van der Waals surface area contributed by atoms with Crippen LogP contribution in [0.5, 0.6) is 0 Å². The molecule has 1 heterocycles. The molecule has 1 aliphatic rings. The maximum absolute atomic E-state index is 11.2. The summed E-state index contributed by atoms with van der Waals surface area (Å²) in [7, 11) is 1.49. The van der Waals surface area contributed by atoms with E-state index in [-0.39, 0.29) is 25.0 Å². The number of rotatable bonds is 2. The van der Waals surface area contributed by atoms with Crippen molar-refractivity contribution in [3.63, 3.8) is 0 Å². The molecule has 13 heavy (non-hydrogen) atoms. The van der Waals surface area contributed by atoms with Crippen molar-refractivity contribution in [1.29, 1.82) is 5.26 Å². The fourth-order valence-corrected chi connectivity index (χ4v) is 1.37. The Bertz CT molecular complexity index is 236. The highest BCUT2D eigenvalue weighted by Crippen LogP contribution is 2.13. The number of ether oxygens (including phenoxy) is 1. The lowest BCUT2D eigenvalue weighted by molar-refractivity contribution is -0.129. The lowest BCUT2D eigenvalue weighted by Gasteiger charge is -2.13. The van der Waals surface area contributed by atoms with Gasteiger partial charge in [-0.2, -0.15) is 5.26 Å². The van der Waals surface area contributed by atoms with Gasteiger partial charge in [0.05, 0.1) is 12.2 Å². The number of hydrogen-bond donors (Lipinski definition) is 1. The van der Waals surface area contributed by atoms with E-state index < -0.39 is 6.10 Å². The monoisotopic (exact) mass is 184 g/mol. The standard InChI is InChI=1S/C8H12N2O3/c1-13-7-5-10(4-6(7)11)8(12)2-3-9/h6-7,11H,2,4-5H2,1H3/t6-,7+/m1/s1. The third kappa shape index (κ3) is 2.17. The Morgan fingerprint density at radius 1 is 1.77 bits per heavy atom. The van der Waals surface area contributed by atoms with Gasteiger partial charge in [-0.1, -0.05) is 0 Å². The third-order valence-electron chi connectivity index (χ3n) is 2.12. The number of nitrogens with zero attached hydrogens (tertiary/aromatic N) is 2. The maximum atomic E-state index is 11.2. The van der Waals surface area contributed by atoms with E-state index in [1.54, 1.807) is 6.07 Å². The maximum Gasteiger partial charge on any atom is 0.236 e. The minimum absolute atomic E-state index is 0.136. The van der Waals surface area contributed by atoms with Gasteiger partial charge in [0.1, 0.15) is 12.5 Å². The molecule has 0 saturated carbocycles. The molecule has 2 atom stereocenters. The van der Waals surface area contributed by atoms with Crippen molar-refractivity contribution in [2.45, 2.75) is 18.6 Å². The number of amides is 1. The third-order valence-corrected chi connectivity index (χ3v) is 2.12. The molecule has 0 radical (unpaired) electrons. The first-order valence-corrected chi connectivity index (χ1v) is 4.04. The summed E-state index contributed by atoms with van der Waals surface area (Å²) in [5.41, 5.74) is 0. The van der Waals surface area contributed by atoms with Gasteiger partial charge in [-0.05, 0) is 0 Å². The van der Waals surface area contributed by atoms with Crippen LogP contribution in [0.15, 0.2) is 0 Å². The zero-order valence-electron chi connectivity index (χ0n) is 7.43. The number of hydrogen-bond acceptors (Lipinski definition) is 4. The van der Waals surface area contributed by atoms with Gasteiger partial charge in [-0.25, -0.2) is 0 Å². The quantitative estimate of drug-likeness (QED) is 0.604. The van der Waals surface area contributed by atoms with Crippen LogP contribution in [-0.2, 0) is 9.53 Å². The zero-order valence-corrected chi connectivity index (χ0v) is 7.43. The van der Waals surface area contributed by atoms with E-state index in [1.807, 2.05) is 0 Å². The molecule has 0 unspecified atom stereocenters. The summed E-state index contributed by atoms with van der Waals surface area (Å²) in [5, 5.41) is 17.7. The Kier molecular flexibility index (Phi) is 3.23. The van der Waals surface area contributed by atoms with E-state index in [4.69, 9.17) is 10.00 Å². The van der Waals surface area contributed by atoms with Crippen molar-refractivity contribution >= 4 is 5.91 Å². The molecule has 1 saturated heterocycles.